The van der Waals surface area contributed by atoms with Crippen LogP contribution in [0.15, 0.2) is 47.6 Å². The van der Waals surface area contributed by atoms with Gasteiger partial charge in [-0.25, -0.2) is 0 Å². The van der Waals surface area contributed by atoms with E-state index in [1.165, 1.54) is 17.6 Å². The van der Waals surface area contributed by atoms with Gasteiger partial charge in [0.25, 0.3) is 0 Å². The number of allylic oxidation sites excluding steroid dienone is 8. The molecule has 0 bridgehead atoms. The normalized spacial score (nSPS) is 32.6. The zero-order valence-electron chi connectivity index (χ0n) is 7.46. The van der Waals surface area contributed by atoms with E-state index in [-0.39, 0.29) is 0 Å². The third-order valence-electron chi connectivity index (χ3n) is 2.43. The second-order valence-corrected chi connectivity index (χ2v) is 3.51. The zero-order chi connectivity index (χ0) is 8.39. The SMILES string of the molecule is CC1=CC2C/C=C\C/C=C\C2=C1. The molecule has 0 spiro atoms. The van der Waals surface area contributed by atoms with E-state index in [9.17, 15) is 0 Å². The summed E-state index contributed by atoms with van der Waals surface area (Å²) in [4.78, 5) is 0. The number of hydrogen-bond donors (Lipinski definition) is 0. The molecule has 0 aromatic carbocycles. The smallest absolute Gasteiger partial charge is 0.00581 e. The van der Waals surface area contributed by atoms with Crippen LogP contribution in [0, 0.1) is 5.92 Å². The molecule has 0 fully saturated rings. The highest BCUT2D eigenvalue weighted by molar-refractivity contribution is 5.41. The Hall–Kier alpha value is -1.04. The van der Waals surface area contributed by atoms with E-state index >= 15 is 0 Å². The fraction of sp³-hybridized carbons (Fsp3) is 0.333. The number of hydrogen-bond acceptors (Lipinski definition) is 0. The molecule has 0 heteroatoms. The van der Waals surface area contributed by atoms with Crippen molar-refractivity contribution in [1.82, 2.24) is 0 Å². The largest absolute Gasteiger partial charge is 0.0873 e. The van der Waals surface area contributed by atoms with Gasteiger partial charge in [-0.05, 0) is 25.3 Å². The average molecular weight is 158 g/mol. The van der Waals surface area contributed by atoms with Crippen LogP contribution >= 0.6 is 0 Å². The summed E-state index contributed by atoms with van der Waals surface area (Å²) >= 11 is 0. The van der Waals surface area contributed by atoms with Gasteiger partial charge in [0.1, 0.15) is 0 Å². The van der Waals surface area contributed by atoms with Gasteiger partial charge in [-0.1, -0.05) is 42.0 Å². The Balaban J connectivity index is 2.25. The lowest BCUT2D eigenvalue weighted by Crippen LogP contribution is -1.94. The molecule has 0 N–H and O–H groups in total. The molecule has 0 radical (unpaired) electrons. The molecule has 0 amide bonds. The molecule has 62 valence electrons. The summed E-state index contributed by atoms with van der Waals surface area (Å²) in [6.07, 6.45) is 15.9. The molecular weight excluding hydrogens is 144 g/mol. The van der Waals surface area contributed by atoms with E-state index in [4.69, 9.17) is 0 Å². The Kier molecular flexibility index (Phi) is 1.99. The Bertz CT molecular complexity index is 287. The summed E-state index contributed by atoms with van der Waals surface area (Å²) in [5.74, 6) is 0.651. The summed E-state index contributed by atoms with van der Waals surface area (Å²) in [6.45, 7) is 2.18. The van der Waals surface area contributed by atoms with Gasteiger partial charge in [0.2, 0.25) is 0 Å². The predicted octanol–water partition coefficient (Wildman–Crippen LogP) is 3.40. The Morgan fingerprint density at radius 3 is 3.08 bits per heavy atom. The molecule has 2 aliphatic carbocycles. The molecule has 0 aromatic rings. The first-order valence-electron chi connectivity index (χ1n) is 4.58. The second-order valence-electron chi connectivity index (χ2n) is 3.51. The van der Waals surface area contributed by atoms with E-state index in [1.807, 2.05) is 0 Å². The van der Waals surface area contributed by atoms with Crippen LogP contribution in [-0.2, 0) is 0 Å². The third-order valence-corrected chi connectivity index (χ3v) is 2.43. The van der Waals surface area contributed by atoms with Gasteiger partial charge in [-0.2, -0.15) is 0 Å². The van der Waals surface area contributed by atoms with Gasteiger partial charge in [0.05, 0.1) is 0 Å². The van der Waals surface area contributed by atoms with Crippen molar-refractivity contribution in [3.05, 3.63) is 47.6 Å². The fourth-order valence-corrected chi connectivity index (χ4v) is 1.83. The third kappa shape index (κ3) is 1.42. The molecule has 12 heavy (non-hydrogen) atoms. The van der Waals surface area contributed by atoms with Gasteiger partial charge < -0.3 is 0 Å². The van der Waals surface area contributed by atoms with Gasteiger partial charge in [-0.15, -0.1) is 0 Å². The van der Waals surface area contributed by atoms with E-state index in [0.717, 1.165) is 6.42 Å². The molecular formula is C12H14. The minimum absolute atomic E-state index is 0.651. The topological polar surface area (TPSA) is 0 Å². The van der Waals surface area contributed by atoms with Crippen molar-refractivity contribution >= 4 is 0 Å². The summed E-state index contributed by atoms with van der Waals surface area (Å²) < 4.78 is 0. The first-order chi connectivity index (χ1) is 5.86. The number of rotatable bonds is 0. The van der Waals surface area contributed by atoms with Gasteiger partial charge in [0, 0.05) is 5.92 Å². The summed E-state index contributed by atoms with van der Waals surface area (Å²) in [7, 11) is 0. The molecule has 0 heterocycles. The zero-order valence-corrected chi connectivity index (χ0v) is 7.46. The van der Waals surface area contributed by atoms with Crippen molar-refractivity contribution in [3.8, 4) is 0 Å². The van der Waals surface area contributed by atoms with Crippen molar-refractivity contribution in [2.75, 3.05) is 0 Å². The molecule has 0 aromatic heterocycles. The van der Waals surface area contributed by atoms with Gasteiger partial charge >= 0.3 is 0 Å². The van der Waals surface area contributed by atoms with Crippen molar-refractivity contribution in [3.63, 3.8) is 0 Å². The summed E-state index contributed by atoms with van der Waals surface area (Å²) in [5, 5.41) is 0. The van der Waals surface area contributed by atoms with Gasteiger partial charge in [-0.3, -0.25) is 0 Å². The Morgan fingerprint density at radius 1 is 1.25 bits per heavy atom. The van der Waals surface area contributed by atoms with Crippen LogP contribution in [0.3, 0.4) is 0 Å². The molecule has 0 saturated heterocycles. The predicted molar refractivity (Wildman–Crippen MR) is 52.8 cm³/mol. The van der Waals surface area contributed by atoms with Crippen LogP contribution < -0.4 is 0 Å². The molecule has 0 nitrogen and oxygen atoms in total. The van der Waals surface area contributed by atoms with E-state index < -0.39 is 0 Å². The van der Waals surface area contributed by atoms with Crippen LogP contribution in [0.2, 0.25) is 0 Å². The standard InChI is InChI=1S/C12H14/c1-10-8-11-6-4-2-3-5-7-12(11)9-10/h2,4-5,7-9,11H,3,6H2,1H3/b4-2-,7-5-. The first-order valence-corrected chi connectivity index (χ1v) is 4.58. The van der Waals surface area contributed by atoms with Gasteiger partial charge in [0.15, 0.2) is 0 Å². The molecule has 2 rings (SSSR count). The fourth-order valence-electron chi connectivity index (χ4n) is 1.83. The van der Waals surface area contributed by atoms with Crippen LogP contribution in [0.25, 0.3) is 0 Å². The lowest BCUT2D eigenvalue weighted by Gasteiger charge is -2.08. The second kappa shape index (κ2) is 3.14. The van der Waals surface area contributed by atoms with Crippen molar-refractivity contribution in [2.45, 2.75) is 19.8 Å². The minimum atomic E-state index is 0.651. The maximum Gasteiger partial charge on any atom is 0.00581 e. The highest BCUT2D eigenvalue weighted by Gasteiger charge is 2.13. The van der Waals surface area contributed by atoms with Crippen molar-refractivity contribution in [2.24, 2.45) is 5.92 Å². The average Bonchev–Trinajstić information content (AvgIpc) is 2.32. The van der Waals surface area contributed by atoms with E-state index in [0.29, 0.717) is 5.92 Å². The van der Waals surface area contributed by atoms with E-state index in [2.05, 4.69) is 43.4 Å². The van der Waals surface area contributed by atoms with Crippen molar-refractivity contribution in [1.29, 1.82) is 0 Å². The van der Waals surface area contributed by atoms with Crippen molar-refractivity contribution < 1.29 is 0 Å². The monoisotopic (exact) mass is 158 g/mol. The lowest BCUT2D eigenvalue weighted by atomic mass is 9.96. The summed E-state index contributed by atoms with van der Waals surface area (Å²) in [6, 6.07) is 0. The minimum Gasteiger partial charge on any atom is -0.0873 e. The highest BCUT2D eigenvalue weighted by atomic mass is 14.2. The van der Waals surface area contributed by atoms with Crippen LogP contribution in [0.4, 0.5) is 0 Å². The number of fused-ring (bicyclic) bond motifs is 1. The Labute approximate surface area is 74.0 Å². The van der Waals surface area contributed by atoms with Crippen LogP contribution in [0.1, 0.15) is 19.8 Å². The maximum absolute atomic E-state index is 2.36. The Morgan fingerprint density at radius 2 is 2.17 bits per heavy atom. The molecule has 0 aliphatic heterocycles. The van der Waals surface area contributed by atoms with Crippen LogP contribution in [-0.4, -0.2) is 0 Å². The molecule has 1 atom stereocenters. The molecule has 1 unspecified atom stereocenters. The first kappa shape index (κ1) is 7.60. The summed E-state index contributed by atoms with van der Waals surface area (Å²) in [5.41, 5.74) is 2.90. The molecule has 0 saturated carbocycles. The molecule has 2 aliphatic rings. The lowest BCUT2D eigenvalue weighted by molar-refractivity contribution is 0.801. The van der Waals surface area contributed by atoms with Crippen LogP contribution in [0.5, 0.6) is 0 Å². The maximum atomic E-state index is 2.36. The quantitative estimate of drug-likeness (QED) is 0.474. The van der Waals surface area contributed by atoms with E-state index in [1.54, 1.807) is 0 Å². The highest BCUT2D eigenvalue weighted by Crippen LogP contribution is 2.29.